The van der Waals surface area contributed by atoms with Gasteiger partial charge in [0.15, 0.2) is 0 Å². The molecule has 0 bridgehead atoms. The van der Waals surface area contributed by atoms with Gasteiger partial charge >= 0.3 is 0 Å². The van der Waals surface area contributed by atoms with Crippen LogP contribution in [0, 0.1) is 11.3 Å². The van der Waals surface area contributed by atoms with Gasteiger partial charge < -0.3 is 15.7 Å². The Balaban J connectivity index is 2.50. The van der Waals surface area contributed by atoms with Crippen LogP contribution >= 0.6 is 0 Å². The van der Waals surface area contributed by atoms with E-state index in [1.54, 1.807) is 6.92 Å². The monoisotopic (exact) mass is 284 g/mol. The van der Waals surface area contributed by atoms with Crippen LogP contribution in [0.4, 0.5) is 0 Å². The van der Waals surface area contributed by atoms with E-state index in [1.165, 1.54) is 0 Å². The first-order valence-corrected chi connectivity index (χ1v) is 7.48. The van der Waals surface area contributed by atoms with Crippen molar-refractivity contribution in [1.82, 2.24) is 10.6 Å². The van der Waals surface area contributed by atoms with Crippen LogP contribution in [0.1, 0.15) is 53.4 Å². The van der Waals surface area contributed by atoms with E-state index in [0.29, 0.717) is 0 Å². The van der Waals surface area contributed by atoms with Crippen LogP contribution in [-0.4, -0.2) is 35.6 Å². The van der Waals surface area contributed by atoms with Crippen molar-refractivity contribution in [2.24, 2.45) is 11.3 Å². The number of amides is 2. The summed E-state index contributed by atoms with van der Waals surface area (Å²) in [4.78, 5) is 24.0. The minimum Gasteiger partial charge on any atom is -0.396 e. The molecule has 5 nitrogen and oxygen atoms in total. The number of nitrogens with one attached hydrogen (secondary N) is 2. The van der Waals surface area contributed by atoms with Gasteiger partial charge in [-0.1, -0.05) is 33.6 Å². The Morgan fingerprint density at radius 1 is 1.25 bits per heavy atom. The molecule has 0 aromatic rings. The maximum absolute atomic E-state index is 12.1. The van der Waals surface area contributed by atoms with Crippen molar-refractivity contribution in [3.05, 3.63) is 0 Å². The number of rotatable bonds is 4. The second-order valence-corrected chi connectivity index (χ2v) is 6.79. The lowest BCUT2D eigenvalue weighted by molar-refractivity contribution is -0.133. The normalized spacial score (nSPS) is 24.9. The zero-order valence-electron chi connectivity index (χ0n) is 13.0. The van der Waals surface area contributed by atoms with Gasteiger partial charge in [-0.15, -0.1) is 0 Å². The largest absolute Gasteiger partial charge is 0.396 e. The lowest BCUT2D eigenvalue weighted by atomic mass is 9.85. The van der Waals surface area contributed by atoms with E-state index < -0.39 is 11.5 Å². The number of carbonyl (C=O) groups excluding carboxylic acids is 2. The fraction of sp³-hybridized carbons (Fsp3) is 0.867. The second kappa shape index (κ2) is 7.07. The van der Waals surface area contributed by atoms with Gasteiger partial charge in [0.05, 0.1) is 0 Å². The molecule has 20 heavy (non-hydrogen) atoms. The van der Waals surface area contributed by atoms with Crippen molar-refractivity contribution >= 4 is 11.8 Å². The maximum Gasteiger partial charge on any atom is 0.242 e. The minimum atomic E-state index is -0.553. The molecule has 0 aromatic heterocycles. The number of carbonyl (C=O) groups is 2. The number of aliphatic hydroxyl groups is 1. The van der Waals surface area contributed by atoms with E-state index in [1.807, 2.05) is 20.8 Å². The van der Waals surface area contributed by atoms with Crippen molar-refractivity contribution in [2.75, 3.05) is 6.61 Å². The summed E-state index contributed by atoms with van der Waals surface area (Å²) >= 11 is 0. The third-order valence-corrected chi connectivity index (χ3v) is 3.89. The summed E-state index contributed by atoms with van der Waals surface area (Å²) in [7, 11) is 0. The van der Waals surface area contributed by atoms with Crippen LogP contribution in [0.5, 0.6) is 0 Å². The van der Waals surface area contributed by atoms with Crippen LogP contribution in [0.2, 0.25) is 0 Å². The molecule has 3 atom stereocenters. The van der Waals surface area contributed by atoms with Gasteiger partial charge in [0, 0.05) is 24.0 Å². The molecule has 1 saturated carbocycles. The Kier molecular flexibility index (Phi) is 5.99. The van der Waals surface area contributed by atoms with Gasteiger partial charge in [-0.2, -0.15) is 0 Å². The maximum atomic E-state index is 12.1. The Bertz CT molecular complexity index is 350. The second-order valence-electron chi connectivity index (χ2n) is 6.79. The molecule has 0 aliphatic heterocycles. The molecule has 1 fully saturated rings. The molecule has 0 heterocycles. The van der Waals surface area contributed by atoms with Crippen LogP contribution < -0.4 is 10.6 Å². The third-order valence-electron chi connectivity index (χ3n) is 3.89. The number of hydrogen-bond acceptors (Lipinski definition) is 3. The molecule has 0 saturated heterocycles. The zero-order chi connectivity index (χ0) is 15.3. The first-order valence-electron chi connectivity index (χ1n) is 7.48. The summed E-state index contributed by atoms with van der Waals surface area (Å²) in [6.07, 6.45) is 4.03. The molecule has 2 amide bonds. The highest BCUT2D eigenvalue weighted by Gasteiger charge is 2.29. The predicted molar refractivity (Wildman–Crippen MR) is 78.0 cm³/mol. The van der Waals surface area contributed by atoms with Crippen molar-refractivity contribution in [1.29, 1.82) is 0 Å². The Hall–Kier alpha value is -1.10. The van der Waals surface area contributed by atoms with Crippen LogP contribution in [-0.2, 0) is 9.59 Å². The molecule has 0 radical (unpaired) electrons. The quantitative estimate of drug-likeness (QED) is 0.726. The minimum absolute atomic E-state index is 0.0234. The van der Waals surface area contributed by atoms with Crippen molar-refractivity contribution in [2.45, 2.75) is 65.5 Å². The molecule has 1 rings (SSSR count). The summed E-state index contributed by atoms with van der Waals surface area (Å²) in [5.74, 6) is -0.173. The average molecular weight is 284 g/mol. The summed E-state index contributed by atoms with van der Waals surface area (Å²) < 4.78 is 0. The topological polar surface area (TPSA) is 78.4 Å². The molecule has 5 heteroatoms. The van der Waals surface area contributed by atoms with Gasteiger partial charge in [0.25, 0.3) is 0 Å². The van der Waals surface area contributed by atoms with Crippen molar-refractivity contribution in [3.63, 3.8) is 0 Å². The molecular weight excluding hydrogens is 256 g/mol. The van der Waals surface area contributed by atoms with E-state index in [-0.39, 0.29) is 30.4 Å². The van der Waals surface area contributed by atoms with E-state index in [0.717, 1.165) is 25.7 Å². The van der Waals surface area contributed by atoms with E-state index in [2.05, 4.69) is 10.6 Å². The molecule has 1 aliphatic rings. The van der Waals surface area contributed by atoms with Gasteiger partial charge in [-0.05, 0) is 19.8 Å². The highest BCUT2D eigenvalue weighted by atomic mass is 16.3. The van der Waals surface area contributed by atoms with Gasteiger partial charge in [-0.3, -0.25) is 9.59 Å². The summed E-state index contributed by atoms with van der Waals surface area (Å²) in [6, 6.07) is -0.529. The fourth-order valence-electron chi connectivity index (χ4n) is 2.40. The van der Waals surface area contributed by atoms with Crippen LogP contribution in [0.3, 0.4) is 0 Å². The zero-order valence-corrected chi connectivity index (χ0v) is 13.0. The van der Waals surface area contributed by atoms with Crippen LogP contribution in [0.25, 0.3) is 0 Å². The molecule has 3 N–H and O–H groups in total. The molecule has 0 aromatic carbocycles. The highest BCUT2D eigenvalue weighted by Crippen LogP contribution is 2.24. The first kappa shape index (κ1) is 17.0. The van der Waals surface area contributed by atoms with Crippen LogP contribution in [0.15, 0.2) is 0 Å². The molecule has 116 valence electrons. The Labute approximate surface area is 121 Å². The van der Waals surface area contributed by atoms with Gasteiger partial charge in [-0.25, -0.2) is 0 Å². The van der Waals surface area contributed by atoms with E-state index in [4.69, 9.17) is 0 Å². The fourth-order valence-corrected chi connectivity index (χ4v) is 2.40. The van der Waals surface area contributed by atoms with Crippen molar-refractivity contribution < 1.29 is 14.7 Å². The molecule has 3 unspecified atom stereocenters. The number of hydrogen-bond donors (Lipinski definition) is 3. The highest BCUT2D eigenvalue weighted by molar-refractivity contribution is 5.89. The smallest absolute Gasteiger partial charge is 0.242 e. The summed E-state index contributed by atoms with van der Waals surface area (Å²) in [6.45, 7) is 7.24. The first-order chi connectivity index (χ1) is 9.25. The van der Waals surface area contributed by atoms with Gasteiger partial charge in [0.1, 0.15) is 6.04 Å². The summed E-state index contributed by atoms with van der Waals surface area (Å²) in [5, 5.41) is 15.0. The molecule has 1 aliphatic carbocycles. The lowest BCUT2D eigenvalue weighted by Crippen LogP contribution is -2.52. The van der Waals surface area contributed by atoms with E-state index >= 15 is 0 Å². The third kappa shape index (κ3) is 4.78. The SMILES string of the molecule is CC(NC(=O)C(C)(C)C)C(=O)NC1CCCCC1CO. The predicted octanol–water partition coefficient (Wildman–Crippen LogP) is 1.20. The van der Waals surface area contributed by atoms with E-state index in [9.17, 15) is 14.7 Å². The standard InChI is InChI=1S/C15H28N2O3/c1-10(16-14(20)15(2,3)4)13(19)17-12-8-6-5-7-11(12)9-18/h10-12,18H,5-9H2,1-4H3,(H,16,20)(H,17,19). The average Bonchev–Trinajstić information content (AvgIpc) is 2.38. The molecule has 0 spiro atoms. The number of aliphatic hydroxyl groups excluding tert-OH is 1. The lowest BCUT2D eigenvalue weighted by Gasteiger charge is -2.32. The Morgan fingerprint density at radius 3 is 2.40 bits per heavy atom. The Morgan fingerprint density at radius 2 is 1.85 bits per heavy atom. The van der Waals surface area contributed by atoms with Crippen molar-refractivity contribution in [3.8, 4) is 0 Å². The summed E-state index contributed by atoms with van der Waals surface area (Å²) in [5.41, 5.74) is -0.507. The van der Waals surface area contributed by atoms with Gasteiger partial charge in [0.2, 0.25) is 11.8 Å². The molecular formula is C15H28N2O3.